The van der Waals surface area contributed by atoms with Gasteiger partial charge in [0.15, 0.2) is 0 Å². The molecule has 0 amide bonds. The summed E-state index contributed by atoms with van der Waals surface area (Å²) in [6, 6.07) is 4.04. The summed E-state index contributed by atoms with van der Waals surface area (Å²) in [5, 5.41) is 0. The van der Waals surface area contributed by atoms with Crippen LogP contribution in [0.15, 0.2) is 42.8 Å². The number of hydrogen-bond donors (Lipinski definition) is 0. The summed E-state index contributed by atoms with van der Waals surface area (Å²) < 4.78 is 2.08. The van der Waals surface area contributed by atoms with Crippen molar-refractivity contribution in [1.82, 2.24) is 4.57 Å². The molecule has 0 spiro atoms. The molecule has 1 nitrogen and oxygen atoms in total. The molecule has 10 heavy (non-hydrogen) atoms. The van der Waals surface area contributed by atoms with Crippen molar-refractivity contribution < 1.29 is 0 Å². The van der Waals surface area contributed by atoms with Crippen LogP contribution in [0, 0.1) is 6.42 Å². The van der Waals surface area contributed by atoms with Gasteiger partial charge in [0.2, 0.25) is 0 Å². The van der Waals surface area contributed by atoms with E-state index in [-0.39, 0.29) is 0 Å². The SMILES string of the molecule is [CH]1C=CC(n2cccc2)=C1. The molecule has 1 aromatic rings. The van der Waals surface area contributed by atoms with Crippen LogP contribution in [0.25, 0.3) is 5.70 Å². The molecule has 49 valence electrons. The second kappa shape index (κ2) is 2.18. The molecule has 0 unspecified atom stereocenters. The standard InChI is InChI=1S/C9H8N/c1-2-6-9(5-1)10-7-3-4-8-10/h1-8H. The van der Waals surface area contributed by atoms with Crippen molar-refractivity contribution in [3.63, 3.8) is 0 Å². The number of hydrogen-bond acceptors (Lipinski definition) is 0. The van der Waals surface area contributed by atoms with Gasteiger partial charge in [0.05, 0.1) is 0 Å². The van der Waals surface area contributed by atoms with Crippen LogP contribution in [-0.2, 0) is 0 Å². The van der Waals surface area contributed by atoms with E-state index in [1.165, 1.54) is 5.70 Å². The fraction of sp³-hybridized carbons (Fsp3) is 0. The fourth-order valence-corrected chi connectivity index (χ4v) is 1.04. The van der Waals surface area contributed by atoms with E-state index in [0.717, 1.165) is 0 Å². The number of rotatable bonds is 1. The van der Waals surface area contributed by atoms with Crippen molar-refractivity contribution in [3.05, 3.63) is 49.2 Å². The minimum atomic E-state index is 1.23. The second-order valence-electron chi connectivity index (χ2n) is 2.23. The van der Waals surface area contributed by atoms with Gasteiger partial charge in [-0.25, -0.2) is 0 Å². The molecule has 1 heteroatoms. The molecule has 0 saturated heterocycles. The summed E-state index contributed by atoms with van der Waals surface area (Å²) in [5.74, 6) is 0. The highest BCUT2D eigenvalue weighted by molar-refractivity contribution is 5.63. The lowest BCUT2D eigenvalue weighted by Crippen LogP contribution is -1.86. The van der Waals surface area contributed by atoms with Gasteiger partial charge >= 0.3 is 0 Å². The van der Waals surface area contributed by atoms with Crippen molar-refractivity contribution in [2.75, 3.05) is 0 Å². The Hall–Kier alpha value is -1.24. The first-order valence-corrected chi connectivity index (χ1v) is 3.32. The molecular formula is C9H8N. The van der Waals surface area contributed by atoms with Gasteiger partial charge in [-0.2, -0.15) is 0 Å². The van der Waals surface area contributed by atoms with Gasteiger partial charge in [-0.1, -0.05) is 12.2 Å². The topological polar surface area (TPSA) is 4.93 Å². The molecule has 1 heterocycles. The van der Waals surface area contributed by atoms with Crippen LogP contribution >= 0.6 is 0 Å². The third kappa shape index (κ3) is 0.798. The van der Waals surface area contributed by atoms with Gasteiger partial charge in [-0.05, 0) is 18.2 Å². The van der Waals surface area contributed by atoms with Crippen LogP contribution in [0.1, 0.15) is 0 Å². The molecular weight excluding hydrogens is 122 g/mol. The Morgan fingerprint density at radius 3 is 2.50 bits per heavy atom. The first-order chi connectivity index (χ1) is 4.97. The highest BCUT2D eigenvalue weighted by Crippen LogP contribution is 2.13. The van der Waals surface area contributed by atoms with Gasteiger partial charge in [-0.15, -0.1) is 0 Å². The zero-order valence-electron chi connectivity index (χ0n) is 5.57. The van der Waals surface area contributed by atoms with Gasteiger partial charge in [-0.3, -0.25) is 0 Å². The van der Waals surface area contributed by atoms with Gasteiger partial charge in [0, 0.05) is 24.5 Å². The van der Waals surface area contributed by atoms with Crippen LogP contribution < -0.4 is 0 Å². The third-order valence-corrected chi connectivity index (χ3v) is 1.55. The van der Waals surface area contributed by atoms with Crippen LogP contribution in [0.4, 0.5) is 0 Å². The van der Waals surface area contributed by atoms with E-state index in [1.807, 2.05) is 37.0 Å². The van der Waals surface area contributed by atoms with Gasteiger partial charge < -0.3 is 4.57 Å². The largest absolute Gasteiger partial charge is 0.324 e. The smallest absolute Gasteiger partial charge is 0.0412 e. The lowest BCUT2D eigenvalue weighted by atomic mass is 10.4. The maximum Gasteiger partial charge on any atom is 0.0412 e. The third-order valence-electron chi connectivity index (χ3n) is 1.55. The monoisotopic (exact) mass is 130 g/mol. The average molecular weight is 130 g/mol. The number of aromatic nitrogens is 1. The summed E-state index contributed by atoms with van der Waals surface area (Å²) >= 11 is 0. The Morgan fingerprint density at radius 2 is 1.90 bits per heavy atom. The molecule has 0 fully saturated rings. The summed E-state index contributed by atoms with van der Waals surface area (Å²) in [6.07, 6.45) is 12.3. The molecule has 0 aliphatic heterocycles. The predicted molar refractivity (Wildman–Crippen MR) is 42.1 cm³/mol. The molecule has 0 aromatic carbocycles. The highest BCUT2D eigenvalue weighted by atomic mass is 14.9. The minimum Gasteiger partial charge on any atom is -0.324 e. The van der Waals surface area contributed by atoms with E-state index in [0.29, 0.717) is 0 Å². The van der Waals surface area contributed by atoms with Crippen molar-refractivity contribution >= 4 is 5.70 Å². The molecule has 0 atom stereocenters. The van der Waals surface area contributed by atoms with Crippen LogP contribution in [-0.4, -0.2) is 4.57 Å². The second-order valence-corrected chi connectivity index (χ2v) is 2.23. The Balaban J connectivity index is 2.36. The van der Waals surface area contributed by atoms with Crippen molar-refractivity contribution in [1.29, 1.82) is 0 Å². The van der Waals surface area contributed by atoms with E-state index in [1.54, 1.807) is 0 Å². The zero-order chi connectivity index (χ0) is 6.81. The van der Waals surface area contributed by atoms with Crippen molar-refractivity contribution in [3.8, 4) is 0 Å². The zero-order valence-corrected chi connectivity index (χ0v) is 5.57. The molecule has 1 aliphatic rings. The summed E-state index contributed by atoms with van der Waals surface area (Å²) in [5.41, 5.74) is 1.23. The Kier molecular flexibility index (Phi) is 1.21. The van der Waals surface area contributed by atoms with Crippen LogP contribution in [0.2, 0.25) is 0 Å². The van der Waals surface area contributed by atoms with Crippen molar-refractivity contribution in [2.45, 2.75) is 0 Å². The molecule has 1 aliphatic carbocycles. The number of allylic oxidation sites excluding steroid dienone is 4. The molecule has 1 aromatic heterocycles. The fourth-order valence-electron chi connectivity index (χ4n) is 1.04. The summed E-state index contributed by atoms with van der Waals surface area (Å²) in [6.45, 7) is 0. The summed E-state index contributed by atoms with van der Waals surface area (Å²) in [7, 11) is 0. The minimum absolute atomic E-state index is 1.23. The maximum atomic E-state index is 2.08. The van der Waals surface area contributed by atoms with Gasteiger partial charge in [0.1, 0.15) is 0 Å². The molecule has 2 rings (SSSR count). The van der Waals surface area contributed by atoms with E-state index in [9.17, 15) is 0 Å². The first-order valence-electron chi connectivity index (χ1n) is 3.32. The van der Waals surface area contributed by atoms with E-state index in [4.69, 9.17) is 0 Å². The van der Waals surface area contributed by atoms with E-state index in [2.05, 4.69) is 16.7 Å². The maximum absolute atomic E-state index is 2.08. The summed E-state index contributed by atoms with van der Waals surface area (Å²) in [4.78, 5) is 0. The molecule has 0 N–H and O–H groups in total. The predicted octanol–water partition coefficient (Wildman–Crippen LogP) is 2.10. The molecule has 1 radical (unpaired) electrons. The normalized spacial score (nSPS) is 15.8. The lowest BCUT2D eigenvalue weighted by molar-refractivity contribution is 1.13. The highest BCUT2D eigenvalue weighted by Gasteiger charge is 1.96. The molecule has 0 bridgehead atoms. The van der Waals surface area contributed by atoms with Gasteiger partial charge in [0.25, 0.3) is 0 Å². The van der Waals surface area contributed by atoms with Crippen LogP contribution in [0.3, 0.4) is 0 Å². The van der Waals surface area contributed by atoms with E-state index >= 15 is 0 Å². The molecule has 0 saturated carbocycles. The van der Waals surface area contributed by atoms with Crippen LogP contribution in [0.5, 0.6) is 0 Å². The first kappa shape index (κ1) is 5.54. The lowest BCUT2D eigenvalue weighted by Gasteiger charge is -1.97. The Labute approximate surface area is 60.3 Å². The number of nitrogens with zero attached hydrogens (tertiary/aromatic N) is 1. The average Bonchev–Trinajstić information content (AvgIpc) is 2.59. The van der Waals surface area contributed by atoms with Crippen molar-refractivity contribution in [2.24, 2.45) is 0 Å². The quantitative estimate of drug-likeness (QED) is 0.548. The Bertz CT molecular complexity index is 265. The Morgan fingerprint density at radius 1 is 1.10 bits per heavy atom. The van der Waals surface area contributed by atoms with E-state index < -0.39 is 0 Å².